The summed E-state index contributed by atoms with van der Waals surface area (Å²) in [5.74, 6) is -0.264. The first-order valence-electron chi connectivity index (χ1n) is 10.0. The Kier molecular flexibility index (Phi) is 6.69. The van der Waals surface area contributed by atoms with Crippen molar-refractivity contribution in [1.82, 2.24) is 14.5 Å². The van der Waals surface area contributed by atoms with Gasteiger partial charge in [-0.25, -0.2) is 8.42 Å². The number of carbonyl (C=O) groups is 1. The van der Waals surface area contributed by atoms with Gasteiger partial charge in [0.2, 0.25) is 10.0 Å². The number of hydrogen-bond donors (Lipinski definition) is 1. The fourth-order valence-corrected chi connectivity index (χ4v) is 6.27. The molecular formula is C20H30ClN3O3S. The number of piperidine rings is 1. The zero-order valence-corrected chi connectivity index (χ0v) is 18.3. The number of nitrogens with zero attached hydrogens (tertiary/aromatic N) is 2. The van der Waals surface area contributed by atoms with Gasteiger partial charge in [0.25, 0.3) is 5.91 Å². The molecule has 0 aromatic heterocycles. The maximum Gasteiger partial charge on any atom is 0.251 e. The quantitative estimate of drug-likeness (QED) is 0.757. The molecule has 0 spiro atoms. The van der Waals surface area contributed by atoms with Crippen molar-refractivity contribution in [1.29, 1.82) is 0 Å². The smallest absolute Gasteiger partial charge is 0.251 e. The molecule has 1 aromatic carbocycles. The van der Waals surface area contributed by atoms with Gasteiger partial charge in [-0.15, -0.1) is 0 Å². The van der Waals surface area contributed by atoms with Gasteiger partial charge < -0.3 is 10.2 Å². The van der Waals surface area contributed by atoms with Crippen LogP contribution in [-0.4, -0.2) is 62.8 Å². The lowest BCUT2D eigenvalue weighted by Crippen LogP contribution is -2.50. The van der Waals surface area contributed by atoms with Crippen LogP contribution in [0.2, 0.25) is 5.02 Å². The van der Waals surface area contributed by atoms with Crippen molar-refractivity contribution in [2.45, 2.75) is 55.4 Å². The Hall–Kier alpha value is -1.15. The summed E-state index contributed by atoms with van der Waals surface area (Å²) in [6.07, 6.45) is 7.16. The summed E-state index contributed by atoms with van der Waals surface area (Å²) >= 11 is 6.20. The minimum Gasteiger partial charge on any atom is -0.350 e. The van der Waals surface area contributed by atoms with Crippen LogP contribution in [0.25, 0.3) is 0 Å². The summed E-state index contributed by atoms with van der Waals surface area (Å²) in [6, 6.07) is 4.51. The van der Waals surface area contributed by atoms with E-state index in [1.807, 2.05) is 14.1 Å². The highest BCUT2D eigenvalue weighted by Gasteiger charge is 2.36. The lowest BCUT2D eigenvalue weighted by atomic mass is 9.96. The predicted molar refractivity (Wildman–Crippen MR) is 111 cm³/mol. The van der Waals surface area contributed by atoms with Gasteiger partial charge in [0, 0.05) is 30.7 Å². The molecule has 0 radical (unpaired) electrons. The molecule has 3 rings (SSSR count). The van der Waals surface area contributed by atoms with Crippen LogP contribution in [0.15, 0.2) is 23.1 Å². The minimum atomic E-state index is -3.69. The molecule has 0 bridgehead atoms. The number of sulfonamides is 1. The van der Waals surface area contributed by atoms with Crippen LogP contribution < -0.4 is 5.32 Å². The van der Waals surface area contributed by atoms with Crippen LogP contribution in [0.5, 0.6) is 0 Å². The molecule has 28 heavy (non-hydrogen) atoms. The fraction of sp³-hybridized carbons (Fsp3) is 0.650. The molecule has 2 aliphatic rings. The van der Waals surface area contributed by atoms with E-state index in [4.69, 9.17) is 11.6 Å². The maximum absolute atomic E-state index is 13.0. The summed E-state index contributed by atoms with van der Waals surface area (Å²) in [5, 5.41) is 3.16. The number of hydrogen-bond acceptors (Lipinski definition) is 4. The standard InChI is InChI=1S/C20H30ClN3O3S/c1-23(2)20(10-4-5-11-20)15-22-19(25)16-8-9-17(21)18(14-16)28(26,27)24-12-6-3-7-13-24/h8-9,14H,3-7,10-13,15H2,1-2H3,(H,22,25). The van der Waals surface area contributed by atoms with Crippen molar-refractivity contribution in [2.24, 2.45) is 0 Å². The highest BCUT2D eigenvalue weighted by molar-refractivity contribution is 7.89. The Balaban J connectivity index is 1.78. The number of nitrogens with one attached hydrogen (secondary N) is 1. The molecule has 1 amide bonds. The first-order valence-corrected chi connectivity index (χ1v) is 11.8. The van der Waals surface area contributed by atoms with Crippen molar-refractivity contribution in [3.05, 3.63) is 28.8 Å². The summed E-state index contributed by atoms with van der Waals surface area (Å²) < 4.78 is 27.5. The third kappa shape index (κ3) is 4.37. The molecule has 1 aromatic rings. The van der Waals surface area contributed by atoms with Crippen molar-refractivity contribution >= 4 is 27.5 Å². The van der Waals surface area contributed by atoms with Crippen molar-refractivity contribution in [2.75, 3.05) is 33.7 Å². The number of carbonyl (C=O) groups excluding carboxylic acids is 1. The Bertz CT molecular complexity index is 814. The molecule has 0 unspecified atom stereocenters. The molecule has 1 heterocycles. The van der Waals surface area contributed by atoms with E-state index in [1.165, 1.54) is 16.4 Å². The van der Waals surface area contributed by atoms with E-state index in [2.05, 4.69) is 10.2 Å². The van der Waals surface area contributed by atoms with Crippen LogP contribution in [0.1, 0.15) is 55.3 Å². The maximum atomic E-state index is 13.0. The molecular weight excluding hydrogens is 398 g/mol. The second-order valence-corrected chi connectivity index (χ2v) is 10.4. The molecule has 8 heteroatoms. The number of likely N-dealkylation sites (N-methyl/N-ethyl adjacent to an activating group) is 1. The summed E-state index contributed by atoms with van der Waals surface area (Å²) in [6.45, 7) is 1.55. The Labute approximate surface area is 173 Å². The van der Waals surface area contributed by atoms with Gasteiger partial charge in [-0.05, 0) is 58.0 Å². The molecule has 1 N–H and O–H groups in total. The van der Waals surface area contributed by atoms with Crippen LogP contribution >= 0.6 is 11.6 Å². The van der Waals surface area contributed by atoms with E-state index < -0.39 is 10.0 Å². The fourth-order valence-electron chi connectivity index (χ4n) is 4.25. The lowest BCUT2D eigenvalue weighted by molar-refractivity contribution is 0.0900. The molecule has 1 aliphatic heterocycles. The molecule has 156 valence electrons. The van der Waals surface area contributed by atoms with Crippen LogP contribution in [-0.2, 0) is 10.0 Å². The predicted octanol–water partition coefficient (Wildman–Crippen LogP) is 3.12. The first-order chi connectivity index (χ1) is 13.3. The third-order valence-electron chi connectivity index (χ3n) is 6.19. The highest BCUT2D eigenvalue weighted by atomic mass is 35.5. The summed E-state index contributed by atoms with van der Waals surface area (Å²) in [4.78, 5) is 15.0. The summed E-state index contributed by atoms with van der Waals surface area (Å²) in [5.41, 5.74) is 0.303. The average Bonchev–Trinajstić information content (AvgIpc) is 3.17. The monoisotopic (exact) mass is 427 g/mol. The Morgan fingerprint density at radius 1 is 1.14 bits per heavy atom. The third-order valence-corrected chi connectivity index (χ3v) is 8.57. The SMILES string of the molecule is CN(C)C1(CNC(=O)c2ccc(Cl)c(S(=O)(=O)N3CCCCC3)c2)CCCC1. The van der Waals surface area contributed by atoms with E-state index >= 15 is 0 Å². The summed E-state index contributed by atoms with van der Waals surface area (Å²) in [7, 11) is 0.398. The van der Waals surface area contributed by atoms with Gasteiger partial charge in [-0.1, -0.05) is 30.9 Å². The average molecular weight is 428 g/mol. The van der Waals surface area contributed by atoms with Gasteiger partial charge in [-0.3, -0.25) is 4.79 Å². The van der Waals surface area contributed by atoms with Crippen LogP contribution in [0.3, 0.4) is 0 Å². The second kappa shape index (κ2) is 8.69. The van der Waals surface area contributed by atoms with Crippen LogP contribution in [0.4, 0.5) is 0 Å². The van der Waals surface area contributed by atoms with Gasteiger partial charge in [0.15, 0.2) is 0 Å². The number of benzene rings is 1. The molecule has 1 saturated carbocycles. The minimum absolute atomic E-state index is 0.0203. The van der Waals surface area contributed by atoms with Gasteiger partial charge in [-0.2, -0.15) is 4.31 Å². The normalized spacial score (nSPS) is 20.4. The number of rotatable bonds is 6. The van der Waals surface area contributed by atoms with E-state index in [1.54, 1.807) is 6.07 Å². The molecule has 1 saturated heterocycles. The van der Waals surface area contributed by atoms with Gasteiger partial charge >= 0.3 is 0 Å². The van der Waals surface area contributed by atoms with Crippen molar-refractivity contribution in [3.8, 4) is 0 Å². The highest BCUT2D eigenvalue weighted by Crippen LogP contribution is 2.33. The van der Waals surface area contributed by atoms with E-state index in [0.717, 1.165) is 44.9 Å². The molecule has 2 fully saturated rings. The molecule has 0 atom stereocenters. The largest absolute Gasteiger partial charge is 0.350 e. The topological polar surface area (TPSA) is 69.7 Å². The van der Waals surface area contributed by atoms with E-state index in [0.29, 0.717) is 25.2 Å². The van der Waals surface area contributed by atoms with Gasteiger partial charge in [0.1, 0.15) is 4.90 Å². The zero-order valence-electron chi connectivity index (χ0n) is 16.7. The van der Waals surface area contributed by atoms with Gasteiger partial charge in [0.05, 0.1) is 5.02 Å². The van der Waals surface area contributed by atoms with E-state index in [9.17, 15) is 13.2 Å². The Morgan fingerprint density at radius 3 is 2.39 bits per heavy atom. The van der Waals surface area contributed by atoms with Crippen LogP contribution in [0, 0.1) is 0 Å². The first kappa shape index (κ1) is 21.6. The lowest BCUT2D eigenvalue weighted by Gasteiger charge is -2.36. The second-order valence-electron chi connectivity index (χ2n) is 8.12. The van der Waals surface area contributed by atoms with Crippen molar-refractivity contribution < 1.29 is 13.2 Å². The van der Waals surface area contributed by atoms with E-state index in [-0.39, 0.29) is 21.4 Å². The van der Waals surface area contributed by atoms with Crippen molar-refractivity contribution in [3.63, 3.8) is 0 Å². The number of amides is 1. The molecule has 1 aliphatic carbocycles. The number of halogens is 1. The molecule has 6 nitrogen and oxygen atoms in total. The Morgan fingerprint density at radius 2 is 1.79 bits per heavy atom. The zero-order chi connectivity index (χ0) is 20.4.